The second-order valence-corrected chi connectivity index (χ2v) is 11.2. The molecule has 1 heterocycles. The molecule has 0 saturated carbocycles. The monoisotopic (exact) mass is 547 g/mol. The summed E-state index contributed by atoms with van der Waals surface area (Å²) in [5.41, 5.74) is 3.13. The Morgan fingerprint density at radius 3 is 2.08 bits per heavy atom. The number of nitrogens with zero attached hydrogens (tertiary/aromatic N) is 2. The van der Waals surface area contributed by atoms with Crippen LogP contribution in [-0.4, -0.2) is 45.2 Å². The quantitative estimate of drug-likeness (QED) is 0.247. The van der Waals surface area contributed by atoms with Crippen molar-refractivity contribution < 1.29 is 28.7 Å². The number of nitrogens with one attached hydrogen (secondary N) is 1. The number of imide groups is 2. The van der Waals surface area contributed by atoms with E-state index in [9.17, 15) is 24.0 Å². The van der Waals surface area contributed by atoms with Crippen molar-refractivity contribution >= 4 is 35.8 Å². The number of benzene rings is 2. The van der Waals surface area contributed by atoms with E-state index in [1.165, 1.54) is 0 Å². The summed E-state index contributed by atoms with van der Waals surface area (Å²) in [5.74, 6) is -5.31. The Bertz CT molecular complexity index is 1250. The third kappa shape index (κ3) is 8.11. The molecule has 2 atom stereocenters. The van der Waals surface area contributed by atoms with Gasteiger partial charge in [0.05, 0.1) is 18.4 Å². The Balaban J connectivity index is 1.85. The Kier molecular flexibility index (Phi) is 9.98. The fourth-order valence-corrected chi connectivity index (χ4v) is 4.38. The van der Waals surface area contributed by atoms with Gasteiger partial charge in [-0.1, -0.05) is 86.7 Å². The van der Waals surface area contributed by atoms with Gasteiger partial charge in [0.2, 0.25) is 5.91 Å². The van der Waals surface area contributed by atoms with E-state index in [1.54, 1.807) is 51.1 Å². The van der Waals surface area contributed by atoms with Crippen LogP contribution in [0.3, 0.4) is 0 Å². The molecular formula is C31H37N3O6. The van der Waals surface area contributed by atoms with Gasteiger partial charge in [-0.25, -0.2) is 9.69 Å². The van der Waals surface area contributed by atoms with E-state index in [0.29, 0.717) is 10.6 Å². The summed E-state index contributed by atoms with van der Waals surface area (Å²) in [6.07, 6.45) is 4.14. The van der Waals surface area contributed by atoms with Gasteiger partial charge in [0, 0.05) is 0 Å². The van der Waals surface area contributed by atoms with Crippen LogP contribution in [0, 0.1) is 17.8 Å². The molecule has 212 valence electrons. The van der Waals surface area contributed by atoms with E-state index in [1.807, 2.05) is 56.3 Å². The van der Waals surface area contributed by atoms with Crippen molar-refractivity contribution in [3.05, 3.63) is 77.9 Å². The van der Waals surface area contributed by atoms with Crippen molar-refractivity contribution in [2.45, 2.75) is 59.6 Å². The van der Waals surface area contributed by atoms with E-state index < -0.39 is 47.2 Å². The number of hydrogen-bond donors (Lipinski definition) is 1. The molecule has 9 heteroatoms. The maximum atomic E-state index is 13.6. The first kappa shape index (κ1) is 30.3. The van der Waals surface area contributed by atoms with Gasteiger partial charge in [-0.2, -0.15) is 5.01 Å². The summed E-state index contributed by atoms with van der Waals surface area (Å²) in [6, 6.07) is 17.3. The van der Waals surface area contributed by atoms with Gasteiger partial charge in [-0.3, -0.25) is 24.6 Å². The van der Waals surface area contributed by atoms with Crippen LogP contribution < -0.4 is 5.43 Å². The largest absolute Gasteiger partial charge is 0.460 e. The predicted octanol–water partition coefficient (Wildman–Crippen LogP) is 4.73. The van der Waals surface area contributed by atoms with Crippen LogP contribution in [0.2, 0.25) is 0 Å². The number of hydrazine groups is 1. The van der Waals surface area contributed by atoms with Crippen LogP contribution in [0.1, 0.15) is 58.6 Å². The van der Waals surface area contributed by atoms with E-state index in [2.05, 4.69) is 5.43 Å². The lowest BCUT2D eigenvalue weighted by Crippen LogP contribution is -2.51. The van der Waals surface area contributed by atoms with Gasteiger partial charge in [0.25, 0.3) is 0 Å². The number of rotatable bonds is 11. The van der Waals surface area contributed by atoms with Crippen LogP contribution in [0.15, 0.2) is 66.7 Å². The van der Waals surface area contributed by atoms with Crippen molar-refractivity contribution in [1.82, 2.24) is 15.3 Å². The first-order valence-electron chi connectivity index (χ1n) is 13.4. The van der Waals surface area contributed by atoms with Crippen molar-refractivity contribution in [2.24, 2.45) is 17.8 Å². The zero-order chi connectivity index (χ0) is 29.4. The number of urea groups is 1. The van der Waals surface area contributed by atoms with E-state index >= 15 is 0 Å². The summed E-state index contributed by atoms with van der Waals surface area (Å²) < 4.78 is 5.67. The molecule has 0 bridgehead atoms. The summed E-state index contributed by atoms with van der Waals surface area (Å²) in [4.78, 5) is 66.1. The van der Waals surface area contributed by atoms with Gasteiger partial charge in [-0.05, 0) is 50.7 Å². The Morgan fingerprint density at radius 1 is 0.900 bits per heavy atom. The number of carbonyl (C=O) groups is 5. The Morgan fingerprint density at radius 2 is 1.50 bits per heavy atom. The highest BCUT2D eigenvalue weighted by molar-refractivity contribution is 6.44. The molecule has 0 radical (unpaired) electrons. The van der Waals surface area contributed by atoms with Crippen LogP contribution in [-0.2, 0) is 30.5 Å². The Hall–Kier alpha value is -4.27. The normalized spacial score (nSPS) is 15.6. The fourth-order valence-electron chi connectivity index (χ4n) is 4.38. The zero-order valence-corrected chi connectivity index (χ0v) is 23.6. The molecule has 0 aliphatic carbocycles. The van der Waals surface area contributed by atoms with Crippen LogP contribution in [0.4, 0.5) is 4.79 Å². The number of ether oxygens (including phenoxy) is 1. The molecule has 40 heavy (non-hydrogen) atoms. The summed E-state index contributed by atoms with van der Waals surface area (Å²) in [6.45, 7) is 8.93. The summed E-state index contributed by atoms with van der Waals surface area (Å²) in [7, 11) is 0. The van der Waals surface area contributed by atoms with Gasteiger partial charge >= 0.3 is 23.8 Å². The first-order valence-corrected chi connectivity index (χ1v) is 13.4. The molecule has 2 aromatic carbocycles. The topological polar surface area (TPSA) is 113 Å². The molecular weight excluding hydrogens is 510 g/mol. The minimum Gasteiger partial charge on any atom is -0.460 e. The average Bonchev–Trinajstić information content (AvgIpc) is 3.08. The molecule has 1 N–H and O–H groups in total. The number of amides is 5. The molecule has 5 amide bonds. The summed E-state index contributed by atoms with van der Waals surface area (Å²) >= 11 is 0. The third-order valence-electron chi connectivity index (χ3n) is 6.22. The van der Waals surface area contributed by atoms with Gasteiger partial charge < -0.3 is 4.74 Å². The predicted molar refractivity (Wildman–Crippen MR) is 150 cm³/mol. The summed E-state index contributed by atoms with van der Waals surface area (Å²) in [5, 5.41) is 0.437. The molecule has 2 aromatic rings. The highest BCUT2D eigenvalue weighted by atomic mass is 16.6. The molecule has 9 nitrogen and oxygen atoms in total. The lowest BCUT2D eigenvalue weighted by atomic mass is 9.82. The molecule has 1 fully saturated rings. The lowest BCUT2D eigenvalue weighted by Gasteiger charge is -2.30. The van der Waals surface area contributed by atoms with Gasteiger partial charge in [-0.15, -0.1) is 0 Å². The minimum atomic E-state index is -1.16. The molecule has 0 unspecified atom stereocenters. The van der Waals surface area contributed by atoms with Gasteiger partial charge in [0.1, 0.15) is 5.60 Å². The zero-order valence-electron chi connectivity index (χ0n) is 23.6. The Labute approximate surface area is 235 Å². The second-order valence-electron chi connectivity index (χ2n) is 11.2. The van der Waals surface area contributed by atoms with Crippen molar-refractivity contribution in [2.75, 3.05) is 0 Å². The van der Waals surface area contributed by atoms with Crippen LogP contribution >= 0.6 is 0 Å². The third-order valence-corrected chi connectivity index (χ3v) is 6.22. The van der Waals surface area contributed by atoms with Crippen molar-refractivity contribution in [3.63, 3.8) is 0 Å². The molecule has 1 saturated heterocycles. The smallest absolute Gasteiger partial charge is 0.353 e. The molecule has 1 aliphatic rings. The number of allylic oxidation sites excluding steroid dienone is 1. The van der Waals surface area contributed by atoms with E-state index in [0.717, 1.165) is 10.5 Å². The average molecular weight is 548 g/mol. The standard InChI is InChI=1S/C31H37N3O6/c1-21(2)19-25(24(29(38)40-31(3,4)5)18-12-17-22-13-8-6-9-14-22)26(35)32-34-28(37)27(36)33(30(34)39)20-23-15-10-7-11-16-23/h6-17,21,24-25H,18-20H2,1-5H3,(H,32,35)/t24-,25+/m0/s1. The second kappa shape index (κ2) is 13.2. The number of esters is 1. The molecule has 1 aliphatic heterocycles. The first-order chi connectivity index (χ1) is 18.9. The fraction of sp³-hybridized carbons (Fsp3) is 0.387. The number of carbonyl (C=O) groups excluding carboxylic acids is 5. The maximum absolute atomic E-state index is 13.6. The molecule has 0 aromatic heterocycles. The highest BCUT2D eigenvalue weighted by Crippen LogP contribution is 2.28. The van der Waals surface area contributed by atoms with Crippen molar-refractivity contribution in [3.8, 4) is 0 Å². The molecule has 3 rings (SSSR count). The van der Waals surface area contributed by atoms with Gasteiger partial charge in [0.15, 0.2) is 0 Å². The lowest BCUT2D eigenvalue weighted by molar-refractivity contribution is -0.164. The number of hydrogen-bond acceptors (Lipinski definition) is 6. The highest BCUT2D eigenvalue weighted by Gasteiger charge is 2.47. The molecule has 0 spiro atoms. The SMILES string of the molecule is CC(C)C[C@@H](C(=O)NN1C(=O)C(=O)N(Cc2ccccc2)C1=O)[C@H](CC=Cc1ccccc1)C(=O)OC(C)(C)C. The minimum absolute atomic E-state index is 0.0000168. The van der Waals surface area contributed by atoms with Crippen molar-refractivity contribution in [1.29, 1.82) is 0 Å². The van der Waals surface area contributed by atoms with Crippen LogP contribution in [0.25, 0.3) is 6.08 Å². The maximum Gasteiger partial charge on any atom is 0.353 e. The van der Waals surface area contributed by atoms with E-state index in [-0.39, 0.29) is 25.3 Å². The van der Waals surface area contributed by atoms with E-state index in [4.69, 9.17) is 4.74 Å². The van der Waals surface area contributed by atoms with Crippen LogP contribution in [0.5, 0.6) is 0 Å².